The van der Waals surface area contributed by atoms with Crippen molar-refractivity contribution >= 4 is 5.91 Å². The Balaban J connectivity index is 2.08. The summed E-state index contributed by atoms with van der Waals surface area (Å²) in [5, 5.41) is 8.52. The van der Waals surface area contributed by atoms with E-state index in [2.05, 4.69) is 0 Å². The van der Waals surface area contributed by atoms with E-state index >= 15 is 0 Å². The van der Waals surface area contributed by atoms with Crippen LogP contribution in [0.5, 0.6) is 0 Å². The van der Waals surface area contributed by atoms with E-state index in [1.54, 1.807) is 24.3 Å². The molecule has 1 aromatic carbocycles. The average Bonchev–Trinajstić information content (AvgIpc) is 2.70. The molecule has 1 saturated heterocycles. The van der Waals surface area contributed by atoms with Crippen LogP contribution in [0, 0.1) is 11.3 Å². The Morgan fingerprint density at radius 2 is 2.06 bits per heavy atom. The molecule has 0 N–H and O–H groups in total. The minimum atomic E-state index is -2.77. The fourth-order valence-corrected chi connectivity index (χ4v) is 1.95. The maximum atomic E-state index is 13.0. The lowest BCUT2D eigenvalue weighted by atomic mass is 10.1. The van der Waals surface area contributed by atoms with E-state index in [0.29, 0.717) is 5.56 Å². The molecular formula is C13H12F2N2O. The van der Waals surface area contributed by atoms with Crippen molar-refractivity contribution in [3.63, 3.8) is 0 Å². The van der Waals surface area contributed by atoms with Gasteiger partial charge in [-0.15, -0.1) is 0 Å². The van der Waals surface area contributed by atoms with Crippen molar-refractivity contribution in [2.75, 3.05) is 13.1 Å². The van der Waals surface area contributed by atoms with Crippen LogP contribution in [-0.2, 0) is 6.42 Å². The van der Waals surface area contributed by atoms with Crippen LogP contribution in [-0.4, -0.2) is 29.8 Å². The molecule has 1 aliphatic rings. The summed E-state index contributed by atoms with van der Waals surface area (Å²) >= 11 is 0. The molecule has 0 atom stereocenters. The minimum absolute atomic E-state index is 0.0891. The van der Waals surface area contributed by atoms with Crippen LogP contribution < -0.4 is 0 Å². The Labute approximate surface area is 104 Å². The first-order chi connectivity index (χ1) is 8.52. The molecule has 94 valence electrons. The number of hydrogen-bond donors (Lipinski definition) is 0. The molecule has 0 aromatic heterocycles. The van der Waals surface area contributed by atoms with Crippen molar-refractivity contribution in [2.24, 2.45) is 0 Å². The number of halogens is 2. The molecule has 0 unspecified atom stereocenters. The van der Waals surface area contributed by atoms with Crippen LogP contribution in [0.1, 0.15) is 22.3 Å². The molecule has 0 bridgehead atoms. The number of rotatable bonds is 2. The Bertz CT molecular complexity index is 491. The van der Waals surface area contributed by atoms with Crippen molar-refractivity contribution in [2.45, 2.75) is 18.8 Å². The summed E-state index contributed by atoms with van der Waals surface area (Å²) in [6.07, 6.45) is 0.00150. The van der Waals surface area contributed by atoms with Crippen LogP contribution in [0.3, 0.4) is 0 Å². The summed E-state index contributed by atoms with van der Waals surface area (Å²) in [7, 11) is 0. The number of amides is 1. The van der Waals surface area contributed by atoms with E-state index in [-0.39, 0.29) is 25.3 Å². The average molecular weight is 250 g/mol. The Morgan fingerprint density at radius 3 is 2.56 bits per heavy atom. The molecule has 18 heavy (non-hydrogen) atoms. The number of nitrogens with zero attached hydrogens (tertiary/aromatic N) is 2. The summed E-state index contributed by atoms with van der Waals surface area (Å²) in [5.74, 6) is -3.15. The van der Waals surface area contributed by atoms with Crippen molar-refractivity contribution in [1.29, 1.82) is 5.26 Å². The van der Waals surface area contributed by atoms with Gasteiger partial charge in [0.1, 0.15) is 0 Å². The summed E-state index contributed by atoms with van der Waals surface area (Å²) in [6.45, 7) is -0.419. The minimum Gasteiger partial charge on any atom is -0.332 e. The molecule has 0 aliphatic carbocycles. The van der Waals surface area contributed by atoms with Crippen LogP contribution in [0.4, 0.5) is 8.78 Å². The molecule has 1 aliphatic heterocycles. The fourth-order valence-electron chi connectivity index (χ4n) is 1.95. The monoisotopic (exact) mass is 250 g/mol. The third-order valence-electron chi connectivity index (χ3n) is 2.94. The lowest BCUT2D eigenvalue weighted by Gasteiger charge is -2.16. The van der Waals surface area contributed by atoms with Gasteiger partial charge in [0.25, 0.3) is 11.8 Å². The predicted molar refractivity (Wildman–Crippen MR) is 61.2 cm³/mol. The highest BCUT2D eigenvalue weighted by molar-refractivity contribution is 5.94. The standard InChI is InChI=1S/C13H12F2N2O/c14-13(15)6-8-17(9-13)12(18)11-3-1-10(2-4-11)5-7-16/h1-4H,5-6,8-9H2. The highest BCUT2D eigenvalue weighted by Gasteiger charge is 2.40. The van der Waals surface area contributed by atoms with Gasteiger partial charge in [-0.2, -0.15) is 5.26 Å². The van der Waals surface area contributed by atoms with Gasteiger partial charge >= 0.3 is 0 Å². The third kappa shape index (κ3) is 2.65. The first-order valence-corrected chi connectivity index (χ1v) is 5.65. The number of hydrogen-bond acceptors (Lipinski definition) is 2. The van der Waals surface area contributed by atoms with Crippen LogP contribution >= 0.6 is 0 Å². The van der Waals surface area contributed by atoms with Gasteiger partial charge < -0.3 is 4.90 Å². The number of likely N-dealkylation sites (tertiary alicyclic amines) is 1. The SMILES string of the molecule is N#CCc1ccc(C(=O)N2CCC(F)(F)C2)cc1. The van der Waals surface area contributed by atoms with E-state index in [9.17, 15) is 13.6 Å². The molecule has 0 saturated carbocycles. The summed E-state index contributed by atoms with van der Waals surface area (Å²) in [4.78, 5) is 13.1. The van der Waals surface area contributed by atoms with Crippen LogP contribution in [0.2, 0.25) is 0 Å². The molecule has 0 radical (unpaired) electrons. The topological polar surface area (TPSA) is 44.1 Å². The fraction of sp³-hybridized carbons (Fsp3) is 0.385. The van der Waals surface area contributed by atoms with Gasteiger partial charge in [0.05, 0.1) is 19.0 Å². The van der Waals surface area contributed by atoms with Gasteiger partial charge in [0.15, 0.2) is 0 Å². The Morgan fingerprint density at radius 1 is 1.39 bits per heavy atom. The van der Waals surface area contributed by atoms with Crippen molar-refractivity contribution in [3.8, 4) is 6.07 Å². The number of carbonyl (C=O) groups is 1. The van der Waals surface area contributed by atoms with Crippen molar-refractivity contribution < 1.29 is 13.6 Å². The number of carbonyl (C=O) groups excluding carboxylic acids is 1. The molecular weight excluding hydrogens is 238 g/mol. The second kappa shape index (κ2) is 4.73. The normalized spacial score (nSPS) is 17.5. The van der Waals surface area contributed by atoms with Crippen LogP contribution in [0.25, 0.3) is 0 Å². The quantitative estimate of drug-likeness (QED) is 0.807. The lowest BCUT2D eigenvalue weighted by Crippen LogP contribution is -2.31. The van der Waals surface area contributed by atoms with Crippen molar-refractivity contribution in [1.82, 2.24) is 4.90 Å². The van der Waals surface area contributed by atoms with E-state index in [0.717, 1.165) is 5.56 Å². The van der Waals surface area contributed by atoms with E-state index in [1.165, 1.54) is 4.90 Å². The van der Waals surface area contributed by atoms with Gasteiger partial charge in [-0.25, -0.2) is 8.78 Å². The smallest absolute Gasteiger partial charge is 0.267 e. The molecule has 1 aromatic rings. The highest BCUT2D eigenvalue weighted by Crippen LogP contribution is 2.27. The Hall–Kier alpha value is -1.96. The number of alkyl halides is 2. The molecule has 1 heterocycles. The first kappa shape index (κ1) is 12.5. The zero-order valence-corrected chi connectivity index (χ0v) is 9.70. The van der Waals surface area contributed by atoms with Gasteiger partial charge in [0, 0.05) is 18.5 Å². The van der Waals surface area contributed by atoms with E-state index < -0.39 is 12.5 Å². The van der Waals surface area contributed by atoms with Gasteiger partial charge in [-0.1, -0.05) is 12.1 Å². The summed E-state index contributed by atoms with van der Waals surface area (Å²) in [5.41, 5.74) is 1.19. The van der Waals surface area contributed by atoms with Crippen molar-refractivity contribution in [3.05, 3.63) is 35.4 Å². The van der Waals surface area contributed by atoms with E-state index in [4.69, 9.17) is 5.26 Å². The van der Waals surface area contributed by atoms with E-state index in [1.807, 2.05) is 6.07 Å². The maximum absolute atomic E-state index is 13.0. The van der Waals surface area contributed by atoms with Crippen LogP contribution in [0.15, 0.2) is 24.3 Å². The summed E-state index contributed by atoms with van der Waals surface area (Å²) < 4.78 is 26.0. The molecule has 5 heteroatoms. The molecule has 3 nitrogen and oxygen atoms in total. The molecule has 0 spiro atoms. The first-order valence-electron chi connectivity index (χ1n) is 5.65. The second-order valence-electron chi connectivity index (χ2n) is 4.36. The zero-order valence-electron chi connectivity index (χ0n) is 9.70. The van der Waals surface area contributed by atoms with Gasteiger partial charge in [-0.05, 0) is 17.7 Å². The third-order valence-corrected chi connectivity index (χ3v) is 2.94. The second-order valence-corrected chi connectivity index (χ2v) is 4.36. The molecule has 1 amide bonds. The zero-order chi connectivity index (χ0) is 13.2. The highest BCUT2D eigenvalue weighted by atomic mass is 19.3. The number of nitriles is 1. The lowest BCUT2D eigenvalue weighted by molar-refractivity contribution is 0.0120. The van der Waals surface area contributed by atoms with Gasteiger partial charge in [0.2, 0.25) is 0 Å². The maximum Gasteiger partial charge on any atom is 0.267 e. The Kier molecular flexibility index (Phi) is 3.28. The molecule has 2 rings (SSSR count). The van der Waals surface area contributed by atoms with Gasteiger partial charge in [-0.3, -0.25) is 4.79 Å². The summed E-state index contributed by atoms with van der Waals surface area (Å²) in [6, 6.07) is 8.50. The largest absolute Gasteiger partial charge is 0.332 e. The molecule has 1 fully saturated rings. The number of benzene rings is 1. The predicted octanol–water partition coefficient (Wildman–Crippen LogP) is 2.23.